The molecule has 2 N–H and O–H groups in total. The minimum absolute atomic E-state index is 0.134. The van der Waals surface area contributed by atoms with Gasteiger partial charge in [-0.2, -0.15) is 0 Å². The van der Waals surface area contributed by atoms with Gasteiger partial charge >= 0.3 is 6.09 Å². The Labute approximate surface area is 155 Å². The van der Waals surface area contributed by atoms with Crippen LogP contribution in [0.5, 0.6) is 0 Å². The molecule has 2 aromatic heterocycles. The van der Waals surface area contributed by atoms with Crippen molar-refractivity contribution in [2.75, 3.05) is 11.9 Å². The van der Waals surface area contributed by atoms with Crippen molar-refractivity contribution in [3.8, 4) is 0 Å². The van der Waals surface area contributed by atoms with Crippen LogP contribution in [0.25, 0.3) is 10.1 Å². The molecular weight excluding hydrogens is 379 g/mol. The fourth-order valence-electron chi connectivity index (χ4n) is 2.22. The quantitative estimate of drug-likeness (QED) is 0.696. The Kier molecular flexibility index (Phi) is 5.29. The second-order valence-electron chi connectivity index (χ2n) is 5.06. The van der Waals surface area contributed by atoms with E-state index in [2.05, 4.69) is 15.4 Å². The molecule has 0 spiro atoms. The minimum atomic E-state index is -0.860. The Morgan fingerprint density at radius 2 is 2.00 bits per heavy atom. The molecule has 0 fully saturated rings. The number of amides is 3. The Balaban J connectivity index is 1.77. The van der Waals surface area contributed by atoms with Crippen LogP contribution in [0.3, 0.4) is 0 Å². The molecule has 0 unspecified atom stereocenters. The Bertz CT molecular complexity index is 996. The maximum atomic E-state index is 13.8. The first-order valence-electron chi connectivity index (χ1n) is 7.54. The highest BCUT2D eigenvalue weighted by Crippen LogP contribution is 2.30. The van der Waals surface area contributed by atoms with Crippen molar-refractivity contribution in [3.05, 3.63) is 52.0 Å². The van der Waals surface area contributed by atoms with Crippen LogP contribution in [0.15, 0.2) is 35.7 Å². The normalized spacial score (nSPS) is 10.5. The molecule has 1 aromatic carbocycles. The van der Waals surface area contributed by atoms with Gasteiger partial charge in [-0.1, -0.05) is 12.1 Å². The largest absolute Gasteiger partial charge is 0.450 e. The maximum absolute atomic E-state index is 13.8. The molecule has 0 aliphatic carbocycles. The Morgan fingerprint density at radius 3 is 2.73 bits per heavy atom. The average Bonchev–Trinajstić information content (AvgIpc) is 3.22. The summed E-state index contributed by atoms with van der Waals surface area (Å²) in [7, 11) is 0. The van der Waals surface area contributed by atoms with Crippen molar-refractivity contribution >= 4 is 55.7 Å². The van der Waals surface area contributed by atoms with E-state index < -0.39 is 23.7 Å². The van der Waals surface area contributed by atoms with E-state index in [-0.39, 0.29) is 17.2 Å². The molecule has 3 aromatic rings. The second kappa shape index (κ2) is 7.63. The molecule has 9 heteroatoms. The third kappa shape index (κ3) is 3.73. The van der Waals surface area contributed by atoms with Crippen LogP contribution in [-0.4, -0.2) is 24.5 Å². The second-order valence-corrected chi connectivity index (χ2v) is 7.03. The zero-order valence-electron chi connectivity index (χ0n) is 13.5. The number of benzene rings is 1. The predicted octanol–water partition coefficient (Wildman–Crippen LogP) is 4.24. The SMILES string of the molecule is CCOC(=O)NC(=O)c1ccsc1NC(=O)c1cc2cccc(F)c2s1. The van der Waals surface area contributed by atoms with Crippen molar-refractivity contribution in [1.82, 2.24) is 5.32 Å². The number of hydrogen-bond donors (Lipinski definition) is 2. The van der Waals surface area contributed by atoms with Crippen molar-refractivity contribution in [2.45, 2.75) is 6.92 Å². The molecule has 0 saturated carbocycles. The molecular formula is C17H13FN2O4S2. The molecule has 3 amide bonds. The zero-order valence-corrected chi connectivity index (χ0v) is 15.1. The summed E-state index contributed by atoms with van der Waals surface area (Å²) in [6, 6.07) is 7.69. The number of anilines is 1. The number of hydrogen-bond acceptors (Lipinski definition) is 6. The number of ether oxygens (including phenoxy) is 1. The third-order valence-electron chi connectivity index (χ3n) is 3.35. The van der Waals surface area contributed by atoms with Crippen LogP contribution >= 0.6 is 22.7 Å². The monoisotopic (exact) mass is 392 g/mol. The summed E-state index contributed by atoms with van der Waals surface area (Å²) in [6.45, 7) is 1.75. The Morgan fingerprint density at radius 1 is 1.19 bits per heavy atom. The van der Waals surface area contributed by atoms with E-state index in [1.54, 1.807) is 30.5 Å². The van der Waals surface area contributed by atoms with Crippen LogP contribution in [0.4, 0.5) is 14.2 Å². The van der Waals surface area contributed by atoms with Gasteiger partial charge in [0.1, 0.15) is 10.8 Å². The van der Waals surface area contributed by atoms with E-state index in [4.69, 9.17) is 0 Å². The first-order valence-corrected chi connectivity index (χ1v) is 9.24. The molecule has 6 nitrogen and oxygen atoms in total. The van der Waals surface area contributed by atoms with Gasteiger partial charge in [-0.25, -0.2) is 9.18 Å². The number of halogens is 1. The number of carbonyl (C=O) groups is 3. The molecule has 0 aliphatic heterocycles. The van der Waals surface area contributed by atoms with Crippen LogP contribution in [-0.2, 0) is 4.74 Å². The van der Waals surface area contributed by atoms with Crippen LogP contribution in [0, 0.1) is 5.82 Å². The number of fused-ring (bicyclic) bond motifs is 1. The van der Waals surface area contributed by atoms with E-state index in [0.29, 0.717) is 15.0 Å². The number of imide groups is 1. The predicted molar refractivity (Wildman–Crippen MR) is 98.5 cm³/mol. The third-order valence-corrected chi connectivity index (χ3v) is 5.34. The fraction of sp³-hybridized carbons (Fsp3) is 0.118. The van der Waals surface area contributed by atoms with Crippen molar-refractivity contribution in [1.29, 1.82) is 0 Å². The molecule has 0 aliphatic rings. The van der Waals surface area contributed by atoms with Gasteiger partial charge in [0.25, 0.3) is 11.8 Å². The molecule has 0 saturated heterocycles. The maximum Gasteiger partial charge on any atom is 0.414 e. The van der Waals surface area contributed by atoms with Crippen molar-refractivity contribution < 1.29 is 23.5 Å². The lowest BCUT2D eigenvalue weighted by Gasteiger charge is -2.06. The van der Waals surface area contributed by atoms with Crippen molar-refractivity contribution in [2.24, 2.45) is 0 Å². The summed E-state index contributed by atoms with van der Waals surface area (Å²) >= 11 is 2.17. The summed E-state index contributed by atoms with van der Waals surface area (Å²) in [6.07, 6.45) is -0.860. The molecule has 3 rings (SSSR count). The van der Waals surface area contributed by atoms with Gasteiger partial charge in [-0.05, 0) is 35.9 Å². The lowest BCUT2D eigenvalue weighted by atomic mass is 10.2. The summed E-state index contributed by atoms with van der Waals surface area (Å²) in [5, 5.41) is 7.23. The summed E-state index contributed by atoms with van der Waals surface area (Å²) in [5.74, 6) is -1.53. The van der Waals surface area contributed by atoms with E-state index in [9.17, 15) is 18.8 Å². The van der Waals surface area contributed by atoms with Gasteiger partial charge in [0.05, 0.1) is 21.7 Å². The van der Waals surface area contributed by atoms with Gasteiger partial charge in [-0.15, -0.1) is 22.7 Å². The van der Waals surface area contributed by atoms with Gasteiger partial charge in [0.2, 0.25) is 0 Å². The average molecular weight is 392 g/mol. The smallest absolute Gasteiger partial charge is 0.414 e. The zero-order chi connectivity index (χ0) is 18.7. The van der Waals surface area contributed by atoms with Crippen LogP contribution < -0.4 is 10.6 Å². The standard InChI is InChI=1S/C17H13FN2O4S2/c1-2-24-17(23)20-14(21)10-6-7-25-16(10)19-15(22)12-8-9-4-3-5-11(18)13(9)26-12/h3-8H,2H2,1H3,(H,19,22)(H,20,21,23). The van der Waals surface area contributed by atoms with E-state index in [0.717, 1.165) is 22.7 Å². The first kappa shape index (κ1) is 18.0. The van der Waals surface area contributed by atoms with Crippen LogP contribution in [0.1, 0.15) is 27.0 Å². The van der Waals surface area contributed by atoms with Gasteiger partial charge < -0.3 is 10.1 Å². The minimum Gasteiger partial charge on any atom is -0.450 e. The molecule has 0 bridgehead atoms. The van der Waals surface area contributed by atoms with Gasteiger partial charge in [0.15, 0.2) is 0 Å². The highest BCUT2D eigenvalue weighted by Gasteiger charge is 2.19. The van der Waals surface area contributed by atoms with Crippen LogP contribution in [0.2, 0.25) is 0 Å². The van der Waals surface area contributed by atoms with E-state index >= 15 is 0 Å². The number of nitrogens with one attached hydrogen (secondary N) is 2. The number of alkyl carbamates (subject to hydrolysis) is 1. The number of thiophene rings is 2. The van der Waals surface area contributed by atoms with E-state index in [1.165, 1.54) is 12.1 Å². The number of carbonyl (C=O) groups excluding carboxylic acids is 3. The number of rotatable bonds is 4. The Hall–Kier alpha value is -2.78. The first-order chi connectivity index (χ1) is 12.5. The summed E-state index contributed by atoms with van der Waals surface area (Å²) < 4.78 is 18.8. The molecule has 0 radical (unpaired) electrons. The molecule has 0 atom stereocenters. The summed E-state index contributed by atoms with van der Waals surface area (Å²) in [4.78, 5) is 36.2. The highest BCUT2D eigenvalue weighted by molar-refractivity contribution is 7.21. The molecule has 134 valence electrons. The molecule has 26 heavy (non-hydrogen) atoms. The van der Waals surface area contributed by atoms with Crippen molar-refractivity contribution in [3.63, 3.8) is 0 Å². The van der Waals surface area contributed by atoms with Gasteiger partial charge in [-0.3, -0.25) is 14.9 Å². The fourth-order valence-corrected chi connectivity index (χ4v) is 3.96. The van der Waals surface area contributed by atoms with Gasteiger partial charge in [0, 0.05) is 0 Å². The molecule has 2 heterocycles. The lowest BCUT2D eigenvalue weighted by Crippen LogP contribution is -2.31. The van der Waals surface area contributed by atoms with E-state index in [1.807, 2.05) is 0 Å². The lowest BCUT2D eigenvalue weighted by molar-refractivity contribution is 0.0926. The highest BCUT2D eigenvalue weighted by atomic mass is 32.1. The summed E-state index contributed by atoms with van der Waals surface area (Å²) in [5.41, 5.74) is 0.142. The topological polar surface area (TPSA) is 84.5 Å².